The molecule has 0 aliphatic rings. The van der Waals surface area contributed by atoms with Crippen molar-refractivity contribution in [1.82, 2.24) is 0 Å². The summed E-state index contributed by atoms with van der Waals surface area (Å²) in [6.45, 7) is 0.882. The average Bonchev–Trinajstić information content (AvgIpc) is 2.52. The smallest absolute Gasteiger partial charge is 0.115 e. The van der Waals surface area contributed by atoms with E-state index in [-0.39, 0.29) is 5.75 Å². The van der Waals surface area contributed by atoms with E-state index in [9.17, 15) is 10.2 Å². The maximum atomic E-state index is 9.92. The van der Waals surface area contributed by atoms with Gasteiger partial charge in [0, 0.05) is 6.42 Å². The summed E-state index contributed by atoms with van der Waals surface area (Å²) in [6.07, 6.45) is -0.299. The van der Waals surface area contributed by atoms with Crippen molar-refractivity contribution in [2.75, 3.05) is 6.61 Å². The van der Waals surface area contributed by atoms with E-state index in [1.165, 1.54) is 0 Å². The lowest BCUT2D eigenvalue weighted by atomic mass is 10.1. The molecule has 108 valence electrons. The number of aliphatic hydroxyl groups is 1. The quantitative estimate of drug-likeness (QED) is 0.654. The molecular weight excluding hydrogens is 264 g/mol. The second kappa shape index (κ2) is 8.11. The summed E-state index contributed by atoms with van der Waals surface area (Å²) in [5, 5.41) is 19.1. The highest BCUT2D eigenvalue weighted by molar-refractivity contribution is 5.27. The van der Waals surface area contributed by atoms with Gasteiger partial charge in [-0.05, 0) is 23.3 Å². The molecular formula is C18H18O3. The first-order chi connectivity index (χ1) is 10.3. The lowest BCUT2D eigenvalue weighted by Gasteiger charge is -2.06. The number of hydrogen-bond donors (Lipinski definition) is 2. The number of hydrogen-bond acceptors (Lipinski definition) is 3. The molecule has 3 heteroatoms. The zero-order chi connectivity index (χ0) is 14.9. The summed E-state index contributed by atoms with van der Waals surface area (Å²) in [5.41, 5.74) is 1.86. The lowest BCUT2D eigenvalue weighted by molar-refractivity contribution is 0.153. The van der Waals surface area contributed by atoms with Crippen LogP contribution >= 0.6 is 0 Å². The van der Waals surface area contributed by atoms with Gasteiger partial charge in [-0.25, -0.2) is 0 Å². The van der Waals surface area contributed by atoms with Gasteiger partial charge in [-0.2, -0.15) is 0 Å². The van der Waals surface area contributed by atoms with Crippen LogP contribution in [0.15, 0.2) is 54.6 Å². The zero-order valence-corrected chi connectivity index (χ0v) is 11.7. The van der Waals surface area contributed by atoms with Gasteiger partial charge in [0.2, 0.25) is 0 Å². The van der Waals surface area contributed by atoms with Gasteiger partial charge in [0.25, 0.3) is 0 Å². The highest BCUT2D eigenvalue weighted by atomic mass is 16.5. The van der Waals surface area contributed by atoms with Crippen LogP contribution in [0.5, 0.6) is 5.75 Å². The van der Waals surface area contributed by atoms with Gasteiger partial charge in [0.1, 0.15) is 12.4 Å². The van der Waals surface area contributed by atoms with Crippen LogP contribution in [0.4, 0.5) is 0 Å². The number of aliphatic hydroxyl groups excluding tert-OH is 1. The van der Waals surface area contributed by atoms with Crippen molar-refractivity contribution in [2.45, 2.75) is 19.1 Å². The molecule has 2 rings (SSSR count). The number of aromatic hydroxyl groups is 1. The van der Waals surface area contributed by atoms with Gasteiger partial charge in [-0.1, -0.05) is 54.3 Å². The third-order valence-electron chi connectivity index (χ3n) is 2.98. The first kappa shape index (κ1) is 15.1. The second-order valence-electron chi connectivity index (χ2n) is 4.64. The van der Waals surface area contributed by atoms with Gasteiger partial charge < -0.3 is 14.9 Å². The monoisotopic (exact) mass is 282 g/mol. The van der Waals surface area contributed by atoms with Crippen LogP contribution in [0.1, 0.15) is 23.7 Å². The van der Waals surface area contributed by atoms with Crippen LogP contribution in [0, 0.1) is 11.8 Å². The van der Waals surface area contributed by atoms with Crippen LogP contribution in [0.3, 0.4) is 0 Å². The maximum absolute atomic E-state index is 9.92. The van der Waals surface area contributed by atoms with Crippen molar-refractivity contribution in [3.63, 3.8) is 0 Å². The molecule has 2 aromatic carbocycles. The van der Waals surface area contributed by atoms with E-state index in [4.69, 9.17) is 4.74 Å². The predicted octanol–water partition coefficient (Wildman–Crippen LogP) is 3.04. The minimum atomic E-state index is -0.646. The lowest BCUT2D eigenvalue weighted by Crippen LogP contribution is -1.96. The minimum Gasteiger partial charge on any atom is -0.508 e. The van der Waals surface area contributed by atoms with Gasteiger partial charge >= 0.3 is 0 Å². The average molecular weight is 282 g/mol. The number of phenolic OH excluding ortho intramolecular Hbond substituents is 1. The Morgan fingerprint density at radius 2 is 1.67 bits per heavy atom. The first-order valence-electron chi connectivity index (χ1n) is 6.80. The Morgan fingerprint density at radius 3 is 2.38 bits per heavy atom. The van der Waals surface area contributed by atoms with E-state index in [0.29, 0.717) is 19.6 Å². The molecule has 0 radical (unpaired) electrons. The van der Waals surface area contributed by atoms with E-state index in [1.54, 1.807) is 24.3 Å². The van der Waals surface area contributed by atoms with E-state index < -0.39 is 6.10 Å². The Kier molecular flexibility index (Phi) is 5.83. The van der Waals surface area contributed by atoms with Crippen LogP contribution in [0.25, 0.3) is 0 Å². The van der Waals surface area contributed by atoms with Crippen molar-refractivity contribution in [2.24, 2.45) is 0 Å². The molecule has 0 saturated carbocycles. The van der Waals surface area contributed by atoms with Gasteiger partial charge in [0.05, 0.1) is 12.7 Å². The highest BCUT2D eigenvalue weighted by Gasteiger charge is 2.04. The summed E-state index contributed by atoms with van der Waals surface area (Å²) in [6, 6.07) is 16.4. The summed E-state index contributed by atoms with van der Waals surface area (Å²) < 4.78 is 5.43. The van der Waals surface area contributed by atoms with Crippen molar-refractivity contribution in [1.29, 1.82) is 0 Å². The fraction of sp³-hybridized carbons (Fsp3) is 0.222. The Balaban J connectivity index is 1.70. The number of phenols is 1. The first-order valence-corrected chi connectivity index (χ1v) is 6.80. The topological polar surface area (TPSA) is 49.7 Å². The Labute approximate surface area is 124 Å². The molecule has 3 nitrogen and oxygen atoms in total. The summed E-state index contributed by atoms with van der Waals surface area (Å²) in [5.74, 6) is 5.97. The van der Waals surface area contributed by atoms with Gasteiger partial charge in [-0.3, -0.25) is 0 Å². The van der Waals surface area contributed by atoms with Gasteiger partial charge in [-0.15, -0.1) is 0 Å². The third kappa shape index (κ3) is 5.31. The summed E-state index contributed by atoms with van der Waals surface area (Å²) in [4.78, 5) is 0. The van der Waals surface area contributed by atoms with Crippen LogP contribution < -0.4 is 0 Å². The molecule has 0 fully saturated rings. The molecule has 0 aromatic heterocycles. The normalized spacial score (nSPS) is 11.5. The SMILES string of the molecule is Oc1ccc(C(O)CC#CCOCc2ccccc2)cc1. The number of ether oxygens (including phenoxy) is 1. The number of rotatable bonds is 5. The minimum absolute atomic E-state index is 0.186. The molecule has 0 spiro atoms. The van der Waals surface area contributed by atoms with Crippen molar-refractivity contribution in [3.8, 4) is 17.6 Å². The standard InChI is InChI=1S/C18H18O3/c19-17-11-9-16(10-12-17)18(20)8-4-5-13-21-14-15-6-2-1-3-7-15/h1-3,6-7,9-12,18-20H,8,13-14H2. The highest BCUT2D eigenvalue weighted by Crippen LogP contribution is 2.18. The molecule has 0 heterocycles. The second-order valence-corrected chi connectivity index (χ2v) is 4.64. The summed E-state index contributed by atoms with van der Waals surface area (Å²) in [7, 11) is 0. The van der Waals surface area contributed by atoms with Crippen LogP contribution in [-0.4, -0.2) is 16.8 Å². The molecule has 21 heavy (non-hydrogen) atoms. The number of benzene rings is 2. The molecule has 0 aliphatic carbocycles. The largest absolute Gasteiger partial charge is 0.508 e. The van der Waals surface area contributed by atoms with E-state index in [2.05, 4.69) is 11.8 Å². The van der Waals surface area contributed by atoms with Crippen molar-refractivity contribution in [3.05, 3.63) is 65.7 Å². The Morgan fingerprint density at radius 1 is 0.952 bits per heavy atom. The van der Waals surface area contributed by atoms with Crippen molar-refractivity contribution < 1.29 is 14.9 Å². The van der Waals surface area contributed by atoms with Crippen molar-refractivity contribution >= 4 is 0 Å². The zero-order valence-electron chi connectivity index (χ0n) is 11.7. The van der Waals surface area contributed by atoms with E-state index >= 15 is 0 Å². The molecule has 0 bridgehead atoms. The molecule has 2 aromatic rings. The van der Waals surface area contributed by atoms with Gasteiger partial charge in [0.15, 0.2) is 0 Å². The fourth-order valence-corrected chi connectivity index (χ4v) is 1.83. The molecule has 0 saturated heterocycles. The van der Waals surface area contributed by atoms with E-state index in [0.717, 1.165) is 11.1 Å². The molecule has 0 amide bonds. The fourth-order valence-electron chi connectivity index (χ4n) is 1.83. The molecule has 2 N–H and O–H groups in total. The molecule has 0 aliphatic heterocycles. The predicted molar refractivity (Wildman–Crippen MR) is 81.6 cm³/mol. The van der Waals surface area contributed by atoms with Crippen LogP contribution in [0.2, 0.25) is 0 Å². The molecule has 1 unspecified atom stereocenters. The maximum Gasteiger partial charge on any atom is 0.115 e. The Bertz CT molecular complexity index is 594. The Hall–Kier alpha value is -2.28. The molecule has 1 atom stereocenters. The van der Waals surface area contributed by atoms with E-state index in [1.807, 2.05) is 30.3 Å². The van der Waals surface area contributed by atoms with Crippen LogP contribution in [-0.2, 0) is 11.3 Å². The summed E-state index contributed by atoms with van der Waals surface area (Å²) >= 11 is 0. The third-order valence-corrected chi connectivity index (χ3v) is 2.98.